The van der Waals surface area contributed by atoms with Crippen LogP contribution in [0, 0.1) is 10.1 Å². The summed E-state index contributed by atoms with van der Waals surface area (Å²) in [6.07, 6.45) is 3.07. The standard InChI is InChI=1S/C15H16N4O3S/c1-2-16-10-7-6-9(8-12(10)19(21)22)14(20)18-15-17-11-4-3-5-13(11)23-15/h6-8,16H,2-5H2,1H3,(H,17,18,20). The van der Waals surface area contributed by atoms with E-state index in [0.29, 0.717) is 17.4 Å². The van der Waals surface area contributed by atoms with Gasteiger partial charge in [-0.2, -0.15) is 0 Å². The minimum atomic E-state index is -0.493. The van der Waals surface area contributed by atoms with Crippen molar-refractivity contribution in [1.82, 2.24) is 4.98 Å². The maximum atomic E-state index is 12.3. The van der Waals surface area contributed by atoms with Crippen LogP contribution in [-0.4, -0.2) is 22.4 Å². The Balaban J connectivity index is 1.81. The molecule has 0 fully saturated rings. The van der Waals surface area contributed by atoms with Crippen LogP contribution >= 0.6 is 11.3 Å². The zero-order valence-electron chi connectivity index (χ0n) is 12.6. The van der Waals surface area contributed by atoms with Crippen molar-refractivity contribution in [1.29, 1.82) is 0 Å². The van der Waals surface area contributed by atoms with Gasteiger partial charge in [-0.3, -0.25) is 20.2 Å². The first-order chi connectivity index (χ1) is 11.1. The third-order valence-electron chi connectivity index (χ3n) is 3.64. The number of aryl methyl sites for hydroxylation is 2. The number of carbonyl (C=O) groups excluding carboxylic acids is 1. The van der Waals surface area contributed by atoms with E-state index in [1.807, 2.05) is 6.92 Å². The first kappa shape index (κ1) is 15.4. The lowest BCUT2D eigenvalue weighted by molar-refractivity contribution is -0.384. The molecule has 1 heterocycles. The number of fused-ring (bicyclic) bond motifs is 1. The molecule has 0 aliphatic heterocycles. The Morgan fingerprint density at radius 2 is 2.26 bits per heavy atom. The molecule has 0 radical (unpaired) electrons. The van der Waals surface area contributed by atoms with Gasteiger partial charge in [0.15, 0.2) is 5.13 Å². The fourth-order valence-electron chi connectivity index (χ4n) is 2.58. The second kappa shape index (κ2) is 6.33. The largest absolute Gasteiger partial charge is 0.380 e. The lowest BCUT2D eigenvalue weighted by atomic mass is 10.1. The number of nitrogens with one attached hydrogen (secondary N) is 2. The molecule has 2 aromatic rings. The van der Waals surface area contributed by atoms with Crippen molar-refractivity contribution in [2.24, 2.45) is 0 Å². The summed E-state index contributed by atoms with van der Waals surface area (Å²) in [6, 6.07) is 4.41. The molecule has 0 saturated carbocycles. The van der Waals surface area contributed by atoms with Gasteiger partial charge in [0.25, 0.3) is 11.6 Å². The Labute approximate surface area is 136 Å². The van der Waals surface area contributed by atoms with E-state index in [1.54, 1.807) is 12.1 Å². The molecule has 120 valence electrons. The number of nitro benzene ring substituents is 1. The number of aromatic nitrogens is 1. The normalized spacial score (nSPS) is 12.7. The predicted octanol–water partition coefficient (Wildman–Crippen LogP) is 3.22. The molecule has 2 N–H and O–H groups in total. The van der Waals surface area contributed by atoms with Gasteiger partial charge in [0.2, 0.25) is 0 Å². The van der Waals surface area contributed by atoms with E-state index in [0.717, 1.165) is 25.0 Å². The quantitative estimate of drug-likeness (QED) is 0.647. The first-order valence-corrected chi connectivity index (χ1v) is 8.22. The third kappa shape index (κ3) is 3.16. The number of anilines is 2. The summed E-state index contributed by atoms with van der Waals surface area (Å²) in [7, 11) is 0. The van der Waals surface area contributed by atoms with E-state index in [2.05, 4.69) is 15.6 Å². The fourth-order valence-corrected chi connectivity index (χ4v) is 3.62. The van der Waals surface area contributed by atoms with E-state index < -0.39 is 4.92 Å². The molecule has 1 aliphatic carbocycles. The zero-order valence-corrected chi connectivity index (χ0v) is 13.4. The summed E-state index contributed by atoms with van der Waals surface area (Å²) in [5, 5.41) is 17.3. The molecular formula is C15H16N4O3S. The predicted molar refractivity (Wildman–Crippen MR) is 89.4 cm³/mol. The summed E-state index contributed by atoms with van der Waals surface area (Å²) in [6.45, 7) is 2.42. The van der Waals surface area contributed by atoms with Gasteiger partial charge in [0.05, 0.1) is 10.6 Å². The zero-order chi connectivity index (χ0) is 16.4. The van der Waals surface area contributed by atoms with Crippen molar-refractivity contribution < 1.29 is 9.72 Å². The van der Waals surface area contributed by atoms with Gasteiger partial charge in [0, 0.05) is 23.1 Å². The van der Waals surface area contributed by atoms with Gasteiger partial charge in [-0.05, 0) is 38.3 Å². The molecule has 8 heteroatoms. The maximum Gasteiger partial charge on any atom is 0.293 e. The highest BCUT2D eigenvalue weighted by Crippen LogP contribution is 2.31. The number of rotatable bonds is 5. The lowest BCUT2D eigenvalue weighted by Crippen LogP contribution is -2.12. The molecule has 23 heavy (non-hydrogen) atoms. The molecule has 0 atom stereocenters. The molecule has 7 nitrogen and oxygen atoms in total. The van der Waals surface area contributed by atoms with Gasteiger partial charge < -0.3 is 5.32 Å². The molecule has 0 spiro atoms. The molecule has 3 rings (SSSR count). The highest BCUT2D eigenvalue weighted by molar-refractivity contribution is 7.16. The number of benzene rings is 1. The number of carbonyl (C=O) groups is 1. The van der Waals surface area contributed by atoms with Crippen LogP contribution < -0.4 is 10.6 Å². The molecule has 0 bridgehead atoms. The average molecular weight is 332 g/mol. The number of hydrogen-bond donors (Lipinski definition) is 2. The van der Waals surface area contributed by atoms with E-state index >= 15 is 0 Å². The van der Waals surface area contributed by atoms with Crippen LogP contribution in [0.4, 0.5) is 16.5 Å². The van der Waals surface area contributed by atoms with Crippen LogP contribution in [0.1, 0.15) is 34.3 Å². The summed E-state index contributed by atoms with van der Waals surface area (Å²) in [5.41, 5.74) is 1.59. The molecule has 0 saturated heterocycles. The van der Waals surface area contributed by atoms with Crippen molar-refractivity contribution >= 4 is 33.8 Å². The van der Waals surface area contributed by atoms with Crippen molar-refractivity contribution in [2.45, 2.75) is 26.2 Å². The minimum absolute atomic E-state index is 0.110. The number of amides is 1. The summed E-state index contributed by atoms with van der Waals surface area (Å²) in [4.78, 5) is 28.6. The monoisotopic (exact) mass is 332 g/mol. The second-order valence-corrected chi connectivity index (χ2v) is 6.30. The first-order valence-electron chi connectivity index (χ1n) is 7.40. The van der Waals surface area contributed by atoms with Crippen molar-refractivity contribution in [2.75, 3.05) is 17.2 Å². The molecular weight excluding hydrogens is 316 g/mol. The maximum absolute atomic E-state index is 12.3. The number of hydrogen-bond acceptors (Lipinski definition) is 6. The lowest BCUT2D eigenvalue weighted by Gasteiger charge is -2.07. The van der Waals surface area contributed by atoms with Gasteiger partial charge in [-0.15, -0.1) is 11.3 Å². The van der Waals surface area contributed by atoms with Crippen molar-refractivity contribution in [3.05, 3.63) is 44.4 Å². The van der Waals surface area contributed by atoms with E-state index in [-0.39, 0.29) is 17.2 Å². The summed E-state index contributed by atoms with van der Waals surface area (Å²) >= 11 is 1.48. The average Bonchev–Trinajstić information content (AvgIpc) is 3.08. The van der Waals surface area contributed by atoms with Crippen molar-refractivity contribution in [3.63, 3.8) is 0 Å². The molecule has 0 unspecified atom stereocenters. The highest BCUT2D eigenvalue weighted by Gasteiger charge is 2.20. The van der Waals surface area contributed by atoms with E-state index in [1.165, 1.54) is 22.3 Å². The van der Waals surface area contributed by atoms with E-state index in [4.69, 9.17) is 0 Å². The van der Waals surface area contributed by atoms with Crippen molar-refractivity contribution in [3.8, 4) is 0 Å². The van der Waals surface area contributed by atoms with Crippen LogP contribution in [-0.2, 0) is 12.8 Å². The smallest absolute Gasteiger partial charge is 0.293 e. The highest BCUT2D eigenvalue weighted by atomic mass is 32.1. The van der Waals surface area contributed by atoms with Gasteiger partial charge in [-0.25, -0.2) is 4.98 Å². The van der Waals surface area contributed by atoms with E-state index in [9.17, 15) is 14.9 Å². The van der Waals surface area contributed by atoms with Crippen LogP contribution in [0.15, 0.2) is 18.2 Å². The Morgan fingerprint density at radius 1 is 1.43 bits per heavy atom. The topological polar surface area (TPSA) is 97.2 Å². The Hall–Kier alpha value is -2.48. The Morgan fingerprint density at radius 3 is 2.96 bits per heavy atom. The fraction of sp³-hybridized carbons (Fsp3) is 0.333. The van der Waals surface area contributed by atoms with Crippen LogP contribution in [0.5, 0.6) is 0 Å². The molecule has 1 aliphatic rings. The Bertz CT molecular complexity index is 751. The van der Waals surface area contributed by atoms with Crippen LogP contribution in [0.2, 0.25) is 0 Å². The minimum Gasteiger partial charge on any atom is -0.380 e. The van der Waals surface area contributed by atoms with Gasteiger partial charge in [-0.1, -0.05) is 0 Å². The summed E-state index contributed by atoms with van der Waals surface area (Å²) < 4.78 is 0. The van der Waals surface area contributed by atoms with Gasteiger partial charge in [0.1, 0.15) is 5.69 Å². The Kier molecular flexibility index (Phi) is 4.24. The third-order valence-corrected chi connectivity index (χ3v) is 4.71. The van der Waals surface area contributed by atoms with Crippen LogP contribution in [0.3, 0.4) is 0 Å². The number of thiazole rings is 1. The number of nitro groups is 1. The second-order valence-electron chi connectivity index (χ2n) is 5.22. The van der Waals surface area contributed by atoms with Crippen LogP contribution in [0.25, 0.3) is 0 Å². The van der Waals surface area contributed by atoms with Gasteiger partial charge >= 0.3 is 0 Å². The molecule has 1 aromatic heterocycles. The SMILES string of the molecule is CCNc1ccc(C(=O)Nc2nc3c(s2)CCC3)cc1[N+](=O)[O-]. The molecule has 1 aromatic carbocycles. The summed E-state index contributed by atoms with van der Waals surface area (Å²) in [5.74, 6) is -0.386. The number of nitrogens with zero attached hydrogens (tertiary/aromatic N) is 2. The molecule has 1 amide bonds.